The Morgan fingerprint density at radius 2 is 1.08 bits per heavy atom. The van der Waals surface area contributed by atoms with Crippen LogP contribution in [-0.4, -0.2) is 27.8 Å². The maximum absolute atomic E-state index is 6.44. The molecule has 1 aliphatic rings. The number of hydrogen-bond acceptors (Lipinski definition) is 3. The molecule has 0 N–H and O–H groups in total. The minimum atomic E-state index is -3.67. The van der Waals surface area contributed by atoms with Crippen molar-refractivity contribution in [3.8, 4) is 28.5 Å². The summed E-state index contributed by atoms with van der Waals surface area (Å²) in [6.07, 6.45) is 0. The summed E-state index contributed by atoms with van der Waals surface area (Å²) in [7, 11) is 0. The summed E-state index contributed by atoms with van der Waals surface area (Å²) >= 11 is -3.67. The van der Waals surface area contributed by atoms with Crippen LogP contribution in [0.4, 0.5) is 0 Å². The van der Waals surface area contributed by atoms with Crippen LogP contribution >= 0.6 is 0 Å². The van der Waals surface area contributed by atoms with E-state index in [-0.39, 0.29) is 0 Å². The fraction of sp³-hybridized carbons (Fsp3) is 0. The topological polar surface area (TPSA) is 43.9 Å². The number of fused-ring (bicyclic) bond motifs is 10. The number of benzene rings is 7. The third-order valence-corrected chi connectivity index (χ3v) is 20.9. The van der Waals surface area contributed by atoms with E-state index in [1.165, 1.54) is 23.1 Å². The monoisotopic (exact) mass is 713 g/mol. The summed E-state index contributed by atoms with van der Waals surface area (Å²) in [5.41, 5.74) is 8.15. The molecule has 0 aliphatic carbocycles. The molecule has 0 spiro atoms. The predicted molar refractivity (Wildman–Crippen MR) is 212 cm³/mol. The van der Waals surface area contributed by atoms with E-state index in [1.54, 1.807) is 0 Å². The molecule has 10 aromatic rings. The van der Waals surface area contributed by atoms with Crippen LogP contribution in [0, 0.1) is 0 Å². The second kappa shape index (κ2) is 10.9. The maximum atomic E-state index is 6.44. The van der Waals surface area contributed by atoms with Gasteiger partial charge in [-0.1, -0.05) is 0 Å². The molecule has 0 unspecified atom stereocenters. The first-order valence-electron chi connectivity index (χ1n) is 17.3. The third-order valence-electron chi connectivity index (χ3n) is 10.7. The van der Waals surface area contributed by atoms with Crippen LogP contribution in [0.2, 0.25) is 0 Å². The summed E-state index contributed by atoms with van der Waals surface area (Å²) in [6, 6.07) is 63.2. The molecule has 3 aromatic heterocycles. The van der Waals surface area contributed by atoms with Gasteiger partial charge >= 0.3 is 298 Å². The molecule has 0 atom stereocenters. The molecule has 0 bridgehead atoms. The van der Waals surface area contributed by atoms with Crippen LogP contribution in [0.25, 0.3) is 72.2 Å². The van der Waals surface area contributed by atoms with E-state index in [9.17, 15) is 0 Å². The molecule has 11 rings (SSSR count). The average Bonchev–Trinajstić information content (AvgIpc) is 3.85. The molecule has 4 nitrogen and oxygen atoms in total. The van der Waals surface area contributed by atoms with E-state index in [1.807, 2.05) is 12.1 Å². The first-order valence-corrected chi connectivity index (χ1v) is 21.5. The Morgan fingerprint density at radius 3 is 1.84 bits per heavy atom. The van der Waals surface area contributed by atoms with Gasteiger partial charge < -0.3 is 0 Å². The van der Waals surface area contributed by atoms with Crippen LogP contribution < -0.4 is 17.6 Å². The molecule has 0 amide bonds. The summed E-state index contributed by atoms with van der Waals surface area (Å²) in [5.74, 6) is 0.658. The molecular weight excluding hydrogens is 683 g/mol. The summed E-state index contributed by atoms with van der Waals surface area (Å²) < 4.78 is 14.1. The van der Waals surface area contributed by atoms with Gasteiger partial charge in [-0.15, -0.1) is 0 Å². The molecule has 0 saturated heterocycles. The molecule has 0 saturated carbocycles. The third kappa shape index (κ3) is 3.91. The van der Waals surface area contributed by atoms with E-state index in [2.05, 4.69) is 168 Å². The number of nitrogens with zero attached hydrogens (tertiary/aromatic N) is 3. The molecule has 51 heavy (non-hydrogen) atoms. The second-order valence-electron chi connectivity index (χ2n) is 13.3. The van der Waals surface area contributed by atoms with Crippen molar-refractivity contribution in [3.05, 3.63) is 176 Å². The normalized spacial score (nSPS) is 13.3. The predicted octanol–water partition coefficient (Wildman–Crippen LogP) is 8.50. The molecule has 4 heterocycles. The zero-order chi connectivity index (χ0) is 33.5. The number of hydrogen-bond donors (Lipinski definition) is 0. The van der Waals surface area contributed by atoms with Crippen molar-refractivity contribution < 1.29 is 4.42 Å². The first-order chi connectivity index (χ1) is 25.3. The fourth-order valence-electron chi connectivity index (χ4n) is 8.67. The molecular formula is C46H29GeN3O. The Bertz CT molecular complexity index is 2930. The van der Waals surface area contributed by atoms with Gasteiger partial charge in [0.05, 0.1) is 0 Å². The molecule has 0 fully saturated rings. The quantitative estimate of drug-likeness (QED) is 0.172. The zero-order valence-electron chi connectivity index (χ0n) is 27.5. The van der Waals surface area contributed by atoms with Gasteiger partial charge in [-0.25, -0.2) is 0 Å². The Kier molecular flexibility index (Phi) is 6.10. The van der Waals surface area contributed by atoms with Crippen molar-refractivity contribution in [3.63, 3.8) is 0 Å². The Hall–Kier alpha value is -6.24. The van der Waals surface area contributed by atoms with E-state index < -0.39 is 13.3 Å². The summed E-state index contributed by atoms with van der Waals surface area (Å²) in [4.78, 5) is 11.4. The Morgan fingerprint density at radius 1 is 0.471 bits per heavy atom. The fourth-order valence-corrected chi connectivity index (χ4v) is 19.7. The van der Waals surface area contributed by atoms with Gasteiger partial charge in [-0.05, 0) is 0 Å². The van der Waals surface area contributed by atoms with Crippen LogP contribution in [0.15, 0.2) is 180 Å². The summed E-state index contributed by atoms with van der Waals surface area (Å²) in [6.45, 7) is 0. The van der Waals surface area contributed by atoms with Gasteiger partial charge in [0.25, 0.3) is 0 Å². The van der Waals surface area contributed by atoms with Gasteiger partial charge in [0.1, 0.15) is 0 Å². The molecule has 1 aliphatic heterocycles. The van der Waals surface area contributed by atoms with E-state index in [0.29, 0.717) is 5.95 Å². The van der Waals surface area contributed by atoms with Crippen molar-refractivity contribution in [2.75, 3.05) is 0 Å². The van der Waals surface area contributed by atoms with Crippen molar-refractivity contribution in [2.45, 2.75) is 0 Å². The molecule has 7 aromatic carbocycles. The van der Waals surface area contributed by atoms with Crippen molar-refractivity contribution >= 4 is 74.6 Å². The molecule has 0 radical (unpaired) electrons. The number of rotatable bonds is 4. The average molecular weight is 712 g/mol. The standard InChI is InChI=1S/C46H29GeN3O/c1-4-16-30(17-5-1)43-42-44(35-23-10-13-25-37(35)47(42,31-18-6-2-7-19-31)32-20-8-3-9-21-32)49-46(48-43)50-38-26-14-11-22-33(38)34-28-29-40-41(45(34)50)36-24-12-15-27-39(36)51-40/h1-29H. The molecule has 238 valence electrons. The van der Waals surface area contributed by atoms with Gasteiger partial charge in [0.2, 0.25) is 0 Å². The Balaban J connectivity index is 1.35. The number of para-hydroxylation sites is 2. The number of furan rings is 1. The van der Waals surface area contributed by atoms with Crippen LogP contribution in [0.1, 0.15) is 0 Å². The van der Waals surface area contributed by atoms with Gasteiger partial charge in [-0.3, -0.25) is 0 Å². The van der Waals surface area contributed by atoms with Gasteiger partial charge in [0, 0.05) is 0 Å². The van der Waals surface area contributed by atoms with Crippen LogP contribution in [0.3, 0.4) is 0 Å². The van der Waals surface area contributed by atoms with Crippen molar-refractivity contribution in [2.24, 2.45) is 0 Å². The van der Waals surface area contributed by atoms with Gasteiger partial charge in [0.15, 0.2) is 0 Å². The summed E-state index contributed by atoms with van der Waals surface area (Å²) in [5, 5.41) is 4.46. The van der Waals surface area contributed by atoms with E-state index in [0.717, 1.165) is 60.7 Å². The van der Waals surface area contributed by atoms with E-state index >= 15 is 0 Å². The van der Waals surface area contributed by atoms with E-state index in [4.69, 9.17) is 14.4 Å². The van der Waals surface area contributed by atoms with Crippen LogP contribution in [-0.2, 0) is 0 Å². The van der Waals surface area contributed by atoms with Crippen molar-refractivity contribution in [1.82, 2.24) is 14.5 Å². The minimum absolute atomic E-state index is 0.658. The SMILES string of the molecule is c1ccc(-c2nc(-n3c4ccccc4c4ccc5oc6ccccc6c5c43)nc3[c]2[Ge]([c]2ccccc2)([c]2ccccc2)[c]2ccccc2-3)cc1. The number of aromatic nitrogens is 3. The second-order valence-corrected chi connectivity index (χ2v) is 21.0. The first kappa shape index (κ1) is 28.6. The zero-order valence-corrected chi connectivity index (χ0v) is 29.6. The van der Waals surface area contributed by atoms with Crippen LogP contribution in [0.5, 0.6) is 0 Å². The molecule has 5 heteroatoms. The van der Waals surface area contributed by atoms with Gasteiger partial charge in [-0.2, -0.15) is 0 Å². The Labute approximate surface area is 296 Å². The van der Waals surface area contributed by atoms with Crippen molar-refractivity contribution in [1.29, 1.82) is 0 Å².